The number of anilines is 1. The molecule has 0 aromatic heterocycles. The van der Waals surface area contributed by atoms with Crippen LogP contribution in [0.4, 0.5) is 5.69 Å². The van der Waals surface area contributed by atoms with Gasteiger partial charge in [0.1, 0.15) is 6.61 Å². The molecule has 1 amide bonds. The Morgan fingerprint density at radius 2 is 1.85 bits per heavy atom. The maximum atomic E-state index is 12.1. The third-order valence-corrected chi connectivity index (χ3v) is 4.29. The molecule has 0 saturated carbocycles. The van der Waals surface area contributed by atoms with Crippen molar-refractivity contribution in [3.8, 4) is 11.5 Å². The van der Waals surface area contributed by atoms with Crippen LogP contribution in [0.2, 0.25) is 10.0 Å². The van der Waals surface area contributed by atoms with E-state index >= 15 is 0 Å². The highest BCUT2D eigenvalue weighted by atomic mass is 35.5. The third kappa shape index (κ3) is 6.41. The van der Waals surface area contributed by atoms with Gasteiger partial charge in [0.2, 0.25) is 5.91 Å². The summed E-state index contributed by atoms with van der Waals surface area (Å²) in [5.41, 5.74) is 0.520. The first-order valence-electron chi connectivity index (χ1n) is 8.19. The van der Waals surface area contributed by atoms with E-state index in [0.717, 1.165) is 0 Å². The van der Waals surface area contributed by atoms with E-state index < -0.39 is 0 Å². The van der Waals surface area contributed by atoms with Crippen LogP contribution in [0.1, 0.15) is 6.42 Å². The predicted molar refractivity (Wildman–Crippen MR) is 106 cm³/mol. The minimum atomic E-state index is -0.119. The van der Waals surface area contributed by atoms with Gasteiger partial charge in [0.25, 0.3) is 0 Å². The molecule has 2 aromatic rings. The molecule has 0 unspecified atom stereocenters. The minimum Gasteiger partial charge on any atom is -0.493 e. The monoisotopic (exact) mass is 396 g/mol. The molecule has 0 aliphatic carbocycles. The quantitative estimate of drug-likeness (QED) is 0.684. The average Bonchev–Trinajstić information content (AvgIpc) is 2.63. The van der Waals surface area contributed by atoms with Crippen LogP contribution in [-0.2, 0) is 4.79 Å². The molecular formula is C19H22Cl2N2O3. The van der Waals surface area contributed by atoms with E-state index in [2.05, 4.69) is 5.32 Å². The second kappa shape index (κ2) is 10.3. The summed E-state index contributed by atoms with van der Waals surface area (Å²) in [6.45, 7) is 1.78. The van der Waals surface area contributed by atoms with E-state index in [-0.39, 0.29) is 5.91 Å². The average molecular weight is 397 g/mol. The van der Waals surface area contributed by atoms with E-state index in [1.165, 1.54) is 0 Å². The van der Waals surface area contributed by atoms with Gasteiger partial charge in [-0.25, -0.2) is 0 Å². The summed E-state index contributed by atoms with van der Waals surface area (Å²) in [5, 5.41) is 3.76. The normalized spacial score (nSPS) is 10.7. The number of halogens is 2. The van der Waals surface area contributed by atoms with Crippen molar-refractivity contribution in [2.24, 2.45) is 0 Å². The highest BCUT2D eigenvalue weighted by Gasteiger charge is 2.09. The van der Waals surface area contributed by atoms with Crippen molar-refractivity contribution in [2.45, 2.75) is 6.42 Å². The van der Waals surface area contributed by atoms with E-state index in [1.54, 1.807) is 25.3 Å². The zero-order valence-electron chi connectivity index (χ0n) is 14.8. The molecule has 0 radical (unpaired) electrons. The predicted octanol–water partition coefficient (Wildman–Crippen LogP) is 4.34. The van der Waals surface area contributed by atoms with Crippen molar-refractivity contribution in [1.82, 2.24) is 4.90 Å². The van der Waals surface area contributed by atoms with Crippen molar-refractivity contribution < 1.29 is 14.3 Å². The molecule has 0 aliphatic heterocycles. The first kappa shape index (κ1) is 20.4. The van der Waals surface area contributed by atoms with Crippen LogP contribution in [0, 0.1) is 0 Å². The summed E-state index contributed by atoms with van der Waals surface area (Å²) in [5.74, 6) is 1.29. The summed E-state index contributed by atoms with van der Waals surface area (Å²) >= 11 is 12.0. The first-order chi connectivity index (χ1) is 12.5. The molecule has 0 bridgehead atoms. The number of hydrogen-bond donors (Lipinski definition) is 1. The highest BCUT2D eigenvalue weighted by molar-refractivity contribution is 6.35. The van der Waals surface area contributed by atoms with Gasteiger partial charge in [-0.1, -0.05) is 35.3 Å². The molecule has 0 atom stereocenters. The van der Waals surface area contributed by atoms with Crippen LogP contribution in [-0.4, -0.2) is 44.7 Å². The van der Waals surface area contributed by atoms with Crippen LogP contribution < -0.4 is 14.8 Å². The van der Waals surface area contributed by atoms with Crippen molar-refractivity contribution in [1.29, 1.82) is 0 Å². The Balaban J connectivity index is 1.72. The van der Waals surface area contributed by atoms with Crippen molar-refractivity contribution in [3.63, 3.8) is 0 Å². The third-order valence-electron chi connectivity index (χ3n) is 3.72. The van der Waals surface area contributed by atoms with Crippen LogP contribution in [0.3, 0.4) is 0 Å². The van der Waals surface area contributed by atoms with Crippen molar-refractivity contribution >= 4 is 34.8 Å². The molecule has 140 valence electrons. The maximum absolute atomic E-state index is 12.1. The lowest BCUT2D eigenvalue weighted by Crippen LogP contribution is -2.28. The van der Waals surface area contributed by atoms with Gasteiger partial charge in [0.05, 0.1) is 17.8 Å². The topological polar surface area (TPSA) is 50.8 Å². The second-order valence-corrected chi connectivity index (χ2v) is 6.57. The lowest BCUT2D eigenvalue weighted by atomic mass is 10.3. The molecule has 2 rings (SSSR count). The van der Waals surface area contributed by atoms with E-state index in [9.17, 15) is 4.79 Å². The Kier molecular flexibility index (Phi) is 8.04. The fourth-order valence-corrected chi connectivity index (χ4v) is 2.60. The Labute approximate surface area is 163 Å². The molecule has 0 heterocycles. The molecule has 0 saturated heterocycles. The fourth-order valence-electron chi connectivity index (χ4n) is 2.26. The van der Waals surface area contributed by atoms with Gasteiger partial charge >= 0.3 is 0 Å². The number of nitrogens with zero attached hydrogens (tertiary/aromatic N) is 1. The van der Waals surface area contributed by atoms with E-state index in [4.69, 9.17) is 32.7 Å². The van der Waals surface area contributed by atoms with Gasteiger partial charge in [0.15, 0.2) is 11.5 Å². The molecule has 0 spiro atoms. The number of hydrogen-bond acceptors (Lipinski definition) is 4. The van der Waals surface area contributed by atoms with Crippen LogP contribution >= 0.6 is 23.2 Å². The van der Waals surface area contributed by atoms with Crippen LogP contribution in [0.25, 0.3) is 0 Å². The number of methoxy groups -OCH3 is 1. The zero-order valence-corrected chi connectivity index (χ0v) is 16.3. The molecule has 1 N–H and O–H groups in total. The van der Waals surface area contributed by atoms with E-state index in [0.29, 0.717) is 53.3 Å². The number of carbonyl (C=O) groups excluding carboxylic acids is 1. The first-order valence-corrected chi connectivity index (χ1v) is 8.94. The summed E-state index contributed by atoms with van der Waals surface area (Å²) in [6.07, 6.45) is 0.341. The van der Waals surface area contributed by atoms with Gasteiger partial charge in [0, 0.05) is 24.5 Å². The molecule has 0 aliphatic rings. The number of ether oxygens (including phenoxy) is 2. The van der Waals surface area contributed by atoms with Crippen molar-refractivity contribution in [3.05, 3.63) is 52.5 Å². The minimum absolute atomic E-state index is 0.119. The summed E-state index contributed by atoms with van der Waals surface area (Å²) in [7, 11) is 3.55. The Morgan fingerprint density at radius 3 is 2.58 bits per heavy atom. The Hall–Kier alpha value is -1.95. The SMILES string of the molecule is COc1ccccc1OCCN(C)CCC(=O)Nc1cc(Cl)ccc1Cl. The van der Waals surface area contributed by atoms with Gasteiger partial charge in [-0.2, -0.15) is 0 Å². The standard InChI is InChI=1S/C19H22Cl2N2O3/c1-23(11-12-26-18-6-4-3-5-17(18)25-2)10-9-19(24)22-16-13-14(20)7-8-15(16)21/h3-8,13H,9-12H2,1-2H3,(H,22,24). The number of benzene rings is 2. The fraction of sp³-hybridized carbons (Fsp3) is 0.316. The Bertz CT molecular complexity index is 740. The number of likely N-dealkylation sites (N-methyl/N-ethyl adjacent to an activating group) is 1. The second-order valence-electron chi connectivity index (χ2n) is 5.72. The number of rotatable bonds is 9. The van der Waals surface area contributed by atoms with Gasteiger partial charge in [-0.3, -0.25) is 4.79 Å². The molecule has 0 fully saturated rings. The lowest BCUT2D eigenvalue weighted by Gasteiger charge is -2.17. The molecule has 26 heavy (non-hydrogen) atoms. The molecule has 5 nitrogen and oxygen atoms in total. The summed E-state index contributed by atoms with van der Waals surface area (Å²) in [4.78, 5) is 14.1. The summed E-state index contributed by atoms with van der Waals surface area (Å²) < 4.78 is 11.0. The molecule has 2 aromatic carbocycles. The number of nitrogens with one attached hydrogen (secondary N) is 1. The van der Waals surface area contributed by atoms with Crippen LogP contribution in [0.15, 0.2) is 42.5 Å². The highest BCUT2D eigenvalue weighted by Crippen LogP contribution is 2.26. The van der Waals surface area contributed by atoms with Crippen molar-refractivity contribution in [2.75, 3.05) is 39.2 Å². The van der Waals surface area contributed by atoms with Gasteiger partial charge in [-0.05, 0) is 37.4 Å². The molecular weight excluding hydrogens is 375 g/mol. The zero-order chi connectivity index (χ0) is 18.9. The number of amides is 1. The van der Waals surface area contributed by atoms with Gasteiger partial charge < -0.3 is 19.7 Å². The maximum Gasteiger partial charge on any atom is 0.225 e. The largest absolute Gasteiger partial charge is 0.493 e. The molecule has 7 heteroatoms. The van der Waals surface area contributed by atoms with E-state index in [1.807, 2.05) is 36.2 Å². The Morgan fingerprint density at radius 1 is 1.12 bits per heavy atom. The van der Waals surface area contributed by atoms with Gasteiger partial charge in [-0.15, -0.1) is 0 Å². The van der Waals surface area contributed by atoms with Crippen LogP contribution in [0.5, 0.6) is 11.5 Å². The smallest absolute Gasteiger partial charge is 0.225 e. The lowest BCUT2D eigenvalue weighted by molar-refractivity contribution is -0.116. The number of carbonyl (C=O) groups is 1. The summed E-state index contributed by atoms with van der Waals surface area (Å²) in [6, 6.07) is 12.5. The number of para-hydroxylation sites is 2.